The summed E-state index contributed by atoms with van der Waals surface area (Å²) in [6.45, 7) is -0.746. The maximum atomic E-state index is 13.1. The highest BCUT2D eigenvalue weighted by molar-refractivity contribution is 6.05. The number of aromatic hydroxyl groups is 2. The van der Waals surface area contributed by atoms with Gasteiger partial charge in [0.1, 0.15) is 17.7 Å². The Morgan fingerprint density at radius 3 is 2.10 bits per heavy atom. The minimum Gasteiger partial charge on any atom is -0.506 e. The Hall–Kier alpha value is -3.04. The van der Waals surface area contributed by atoms with Crippen molar-refractivity contribution in [2.24, 2.45) is 0 Å². The first-order valence-corrected chi connectivity index (χ1v) is 10.3. The molecule has 0 atom stereocenters. The number of rotatable bonds is 6. The van der Waals surface area contributed by atoms with E-state index in [1.165, 1.54) is 0 Å². The van der Waals surface area contributed by atoms with Crippen LogP contribution in [0.15, 0.2) is 4.79 Å². The number of pyridine rings is 1. The Morgan fingerprint density at radius 2 is 1.50 bits per heavy atom. The van der Waals surface area contributed by atoms with Gasteiger partial charge < -0.3 is 26.0 Å². The average molecular weight is 421 g/mol. The minimum atomic E-state index is -1.32. The summed E-state index contributed by atoms with van der Waals surface area (Å²) < 4.78 is 0.998. The quantitative estimate of drug-likeness (QED) is 0.462. The molecule has 0 aliphatic heterocycles. The van der Waals surface area contributed by atoms with Crippen LogP contribution >= 0.6 is 0 Å². The van der Waals surface area contributed by atoms with E-state index < -0.39 is 58.7 Å². The number of nitrogens with zero attached hydrogens (tertiary/aromatic N) is 1. The zero-order valence-electron chi connectivity index (χ0n) is 16.6. The molecule has 1 aromatic heterocycles. The highest BCUT2D eigenvalue weighted by atomic mass is 16.4. The van der Waals surface area contributed by atoms with Crippen LogP contribution in [0.2, 0.25) is 0 Å². The molecule has 0 radical (unpaired) electrons. The van der Waals surface area contributed by atoms with Crippen molar-refractivity contribution in [3.05, 3.63) is 21.5 Å². The van der Waals surface area contributed by atoms with E-state index in [-0.39, 0.29) is 6.04 Å². The van der Waals surface area contributed by atoms with Crippen LogP contribution < -0.4 is 16.2 Å². The van der Waals surface area contributed by atoms with Crippen LogP contribution in [0.5, 0.6) is 11.6 Å². The molecule has 10 nitrogen and oxygen atoms in total. The smallest absolute Gasteiger partial charge is 0.322 e. The van der Waals surface area contributed by atoms with Crippen molar-refractivity contribution in [2.75, 3.05) is 6.54 Å². The van der Waals surface area contributed by atoms with Gasteiger partial charge in [0.15, 0.2) is 5.75 Å². The molecule has 3 rings (SSSR count). The molecule has 2 aliphatic rings. The first-order valence-electron chi connectivity index (χ1n) is 10.3. The SMILES string of the molecule is O=C(O)CNC(=O)c1c(O)c(C(=O)NC2CCCC2)c(=O)n(C2CCCCC2)c1O. The molecule has 0 bridgehead atoms. The van der Waals surface area contributed by atoms with Crippen LogP contribution in [-0.4, -0.2) is 50.3 Å². The Bertz CT molecular complexity index is 897. The maximum absolute atomic E-state index is 13.1. The fraction of sp³-hybridized carbons (Fsp3) is 0.600. The lowest BCUT2D eigenvalue weighted by atomic mass is 9.94. The van der Waals surface area contributed by atoms with Crippen molar-refractivity contribution >= 4 is 17.8 Å². The second-order valence-corrected chi connectivity index (χ2v) is 7.92. The number of carboxylic acid groups (broad SMARTS) is 1. The highest BCUT2D eigenvalue weighted by Gasteiger charge is 2.33. The average Bonchev–Trinajstić information content (AvgIpc) is 3.20. The van der Waals surface area contributed by atoms with E-state index in [0.29, 0.717) is 12.8 Å². The lowest BCUT2D eigenvalue weighted by Gasteiger charge is -2.27. The number of hydrogen-bond donors (Lipinski definition) is 5. The van der Waals surface area contributed by atoms with Crippen LogP contribution in [0.3, 0.4) is 0 Å². The topological polar surface area (TPSA) is 158 Å². The molecule has 30 heavy (non-hydrogen) atoms. The Labute approximate surface area is 172 Å². The highest BCUT2D eigenvalue weighted by Crippen LogP contribution is 2.35. The van der Waals surface area contributed by atoms with Gasteiger partial charge in [0.25, 0.3) is 17.4 Å². The van der Waals surface area contributed by atoms with Gasteiger partial charge in [-0.25, -0.2) is 0 Å². The van der Waals surface area contributed by atoms with E-state index in [9.17, 15) is 29.4 Å². The number of carboxylic acids is 1. The van der Waals surface area contributed by atoms with Crippen molar-refractivity contribution in [2.45, 2.75) is 69.9 Å². The van der Waals surface area contributed by atoms with Crippen molar-refractivity contribution in [3.63, 3.8) is 0 Å². The van der Waals surface area contributed by atoms with E-state index in [4.69, 9.17) is 5.11 Å². The maximum Gasteiger partial charge on any atom is 0.322 e. The Morgan fingerprint density at radius 1 is 0.900 bits per heavy atom. The van der Waals surface area contributed by atoms with Gasteiger partial charge in [0.05, 0.1) is 0 Å². The number of hydrogen-bond acceptors (Lipinski definition) is 6. The lowest BCUT2D eigenvalue weighted by Crippen LogP contribution is -2.40. The number of amides is 2. The number of aromatic nitrogens is 1. The van der Waals surface area contributed by atoms with Gasteiger partial charge in [0, 0.05) is 12.1 Å². The van der Waals surface area contributed by atoms with E-state index in [1.54, 1.807) is 0 Å². The number of carbonyl (C=O) groups is 3. The van der Waals surface area contributed by atoms with Crippen molar-refractivity contribution < 1.29 is 29.7 Å². The molecule has 0 spiro atoms. The molecular formula is C20H27N3O7. The third-order valence-electron chi connectivity index (χ3n) is 5.84. The van der Waals surface area contributed by atoms with Crippen molar-refractivity contribution in [3.8, 4) is 11.6 Å². The Kier molecular flexibility index (Phi) is 6.63. The molecule has 1 aromatic rings. The van der Waals surface area contributed by atoms with Gasteiger partial charge in [-0.2, -0.15) is 0 Å². The van der Waals surface area contributed by atoms with Crippen LogP contribution in [0.1, 0.15) is 84.5 Å². The Balaban J connectivity index is 2.08. The molecule has 10 heteroatoms. The number of carbonyl (C=O) groups excluding carboxylic acids is 2. The second kappa shape index (κ2) is 9.19. The summed E-state index contributed by atoms with van der Waals surface area (Å²) in [7, 11) is 0. The third kappa shape index (κ3) is 4.42. The first-order chi connectivity index (χ1) is 14.3. The van der Waals surface area contributed by atoms with E-state index in [0.717, 1.165) is 49.5 Å². The van der Waals surface area contributed by atoms with Crippen molar-refractivity contribution in [1.29, 1.82) is 0 Å². The molecule has 2 fully saturated rings. The number of nitrogens with one attached hydrogen (secondary N) is 2. The van der Waals surface area contributed by atoms with E-state index in [1.807, 2.05) is 0 Å². The summed E-state index contributed by atoms with van der Waals surface area (Å²) in [6.07, 6.45) is 7.19. The standard InChI is InChI=1S/C20H27N3O7/c24-13(25)10-21-17(27)14-16(26)15(18(28)22-11-6-4-5-7-11)20(30)23(19(14)29)12-8-2-1-3-9-12/h11-12,26,29H,1-10H2,(H,21,27)(H,22,28)(H,24,25). The zero-order valence-corrected chi connectivity index (χ0v) is 16.6. The van der Waals surface area contributed by atoms with Gasteiger partial charge in [-0.05, 0) is 25.7 Å². The lowest BCUT2D eigenvalue weighted by molar-refractivity contribution is -0.135. The summed E-state index contributed by atoms with van der Waals surface area (Å²) in [4.78, 5) is 49.3. The van der Waals surface area contributed by atoms with Gasteiger partial charge in [-0.1, -0.05) is 32.1 Å². The zero-order chi connectivity index (χ0) is 21.8. The van der Waals surface area contributed by atoms with Crippen LogP contribution in [-0.2, 0) is 4.79 Å². The molecular weight excluding hydrogens is 394 g/mol. The summed E-state index contributed by atoms with van der Waals surface area (Å²) in [5, 5.41) is 34.9. The molecule has 164 valence electrons. The molecule has 2 amide bonds. The van der Waals surface area contributed by atoms with Crippen LogP contribution in [0.25, 0.3) is 0 Å². The van der Waals surface area contributed by atoms with Gasteiger partial charge in [-0.15, -0.1) is 0 Å². The molecule has 2 aliphatic carbocycles. The normalized spacial score (nSPS) is 17.6. The third-order valence-corrected chi connectivity index (χ3v) is 5.84. The predicted octanol–water partition coefficient (Wildman–Crippen LogP) is 1.25. The summed E-state index contributed by atoms with van der Waals surface area (Å²) >= 11 is 0. The summed E-state index contributed by atoms with van der Waals surface area (Å²) in [6, 6.07) is -0.548. The molecule has 0 aromatic carbocycles. The van der Waals surface area contributed by atoms with Gasteiger partial charge in [0.2, 0.25) is 5.88 Å². The van der Waals surface area contributed by atoms with Gasteiger partial charge in [-0.3, -0.25) is 23.7 Å². The van der Waals surface area contributed by atoms with E-state index >= 15 is 0 Å². The summed E-state index contributed by atoms with van der Waals surface area (Å²) in [5.41, 5.74) is -2.13. The van der Waals surface area contributed by atoms with Crippen LogP contribution in [0.4, 0.5) is 0 Å². The molecule has 5 N–H and O–H groups in total. The fourth-order valence-electron chi connectivity index (χ4n) is 4.33. The largest absolute Gasteiger partial charge is 0.506 e. The molecule has 1 heterocycles. The molecule has 0 unspecified atom stereocenters. The number of aliphatic carboxylic acids is 1. The minimum absolute atomic E-state index is 0.127. The first kappa shape index (κ1) is 21.7. The monoisotopic (exact) mass is 421 g/mol. The second-order valence-electron chi connectivity index (χ2n) is 7.92. The van der Waals surface area contributed by atoms with Crippen molar-refractivity contribution in [1.82, 2.24) is 15.2 Å². The van der Waals surface area contributed by atoms with E-state index in [2.05, 4.69) is 10.6 Å². The predicted molar refractivity (Wildman–Crippen MR) is 106 cm³/mol. The van der Waals surface area contributed by atoms with Crippen LogP contribution in [0, 0.1) is 0 Å². The molecule has 2 saturated carbocycles. The van der Waals surface area contributed by atoms with Gasteiger partial charge >= 0.3 is 5.97 Å². The fourth-order valence-corrected chi connectivity index (χ4v) is 4.33. The summed E-state index contributed by atoms with van der Waals surface area (Å²) in [5.74, 6) is -4.90. The molecule has 0 saturated heterocycles.